The Labute approximate surface area is 182 Å². The van der Waals surface area contributed by atoms with Gasteiger partial charge in [-0.3, -0.25) is 14.4 Å². The molecule has 0 amide bonds. The van der Waals surface area contributed by atoms with Gasteiger partial charge in [0.05, 0.1) is 13.1 Å². The summed E-state index contributed by atoms with van der Waals surface area (Å²) in [5.41, 5.74) is 4.88. The zero-order valence-electron chi connectivity index (χ0n) is 17.6. The van der Waals surface area contributed by atoms with Crippen LogP contribution in [0.25, 0.3) is 0 Å². The number of aromatic nitrogens is 4. The average molecular weight is 414 g/mol. The van der Waals surface area contributed by atoms with Crippen LogP contribution in [-0.2, 0) is 26.2 Å². The third kappa shape index (κ3) is 5.82. The van der Waals surface area contributed by atoms with Crippen molar-refractivity contribution < 1.29 is 0 Å². The van der Waals surface area contributed by atoms with E-state index in [9.17, 15) is 0 Å². The summed E-state index contributed by atoms with van der Waals surface area (Å²) in [5, 5.41) is 15.4. The summed E-state index contributed by atoms with van der Waals surface area (Å²) >= 11 is 0. The summed E-state index contributed by atoms with van der Waals surface area (Å²) in [4.78, 5) is 4.37. The lowest BCUT2D eigenvalue weighted by atomic mass is 10.1. The number of benzene rings is 2. The molecule has 2 aromatic carbocycles. The summed E-state index contributed by atoms with van der Waals surface area (Å²) in [6.45, 7) is 2.90. The van der Waals surface area contributed by atoms with Gasteiger partial charge in [0.25, 0.3) is 0 Å². The van der Waals surface area contributed by atoms with Crippen molar-refractivity contribution in [3.63, 3.8) is 0 Å². The fraction of sp³-hybridized carbons (Fsp3) is 0.208. The highest BCUT2D eigenvalue weighted by Gasteiger charge is 2.05. The molecule has 7 heteroatoms. The number of aliphatic imine (C=N–C) groups is 1. The maximum absolute atomic E-state index is 4.37. The molecule has 0 fully saturated rings. The van der Waals surface area contributed by atoms with Crippen LogP contribution in [0.4, 0.5) is 0 Å². The largest absolute Gasteiger partial charge is 0.352 e. The first-order chi connectivity index (χ1) is 15.3. The van der Waals surface area contributed by atoms with E-state index in [1.165, 1.54) is 22.3 Å². The van der Waals surface area contributed by atoms with Crippen LogP contribution in [-0.4, -0.2) is 32.6 Å². The van der Waals surface area contributed by atoms with Crippen LogP contribution < -0.4 is 10.6 Å². The van der Waals surface area contributed by atoms with Crippen molar-refractivity contribution in [2.75, 3.05) is 7.05 Å². The standard InChI is InChI=1S/C24H27N7/c1-25-24(26-16-20-7-4-8-21(15-20)18-30-13-5-11-28-30)27-17-22-9-2-3-10-23(22)19-31-14-6-12-29-31/h2-15H,16-19H2,1H3,(H2,25,26,27). The highest BCUT2D eigenvalue weighted by atomic mass is 15.3. The van der Waals surface area contributed by atoms with E-state index in [1.807, 2.05) is 33.9 Å². The Hall–Kier alpha value is -3.87. The van der Waals surface area contributed by atoms with Crippen molar-refractivity contribution in [1.82, 2.24) is 30.2 Å². The van der Waals surface area contributed by atoms with Crippen molar-refractivity contribution in [2.24, 2.45) is 4.99 Å². The van der Waals surface area contributed by atoms with Gasteiger partial charge in [-0.15, -0.1) is 0 Å². The molecule has 0 saturated heterocycles. The third-order valence-electron chi connectivity index (χ3n) is 5.03. The molecule has 0 unspecified atom stereocenters. The predicted octanol–water partition coefficient (Wildman–Crippen LogP) is 3.04. The first kappa shape index (κ1) is 20.4. The van der Waals surface area contributed by atoms with Gasteiger partial charge in [-0.05, 0) is 34.4 Å². The van der Waals surface area contributed by atoms with E-state index in [1.54, 1.807) is 19.4 Å². The number of hydrogen-bond donors (Lipinski definition) is 2. The molecule has 0 bridgehead atoms. The van der Waals surface area contributed by atoms with Gasteiger partial charge in [0.2, 0.25) is 0 Å². The van der Waals surface area contributed by atoms with Crippen LogP contribution in [0, 0.1) is 0 Å². The molecular weight excluding hydrogens is 386 g/mol. The van der Waals surface area contributed by atoms with Gasteiger partial charge in [-0.1, -0.05) is 48.5 Å². The van der Waals surface area contributed by atoms with E-state index >= 15 is 0 Å². The molecule has 31 heavy (non-hydrogen) atoms. The smallest absolute Gasteiger partial charge is 0.191 e. The average Bonchev–Trinajstić information content (AvgIpc) is 3.50. The molecule has 0 saturated carbocycles. The number of hydrogen-bond acceptors (Lipinski definition) is 3. The van der Waals surface area contributed by atoms with Gasteiger partial charge in [-0.25, -0.2) is 0 Å². The summed E-state index contributed by atoms with van der Waals surface area (Å²) in [6, 6.07) is 20.8. The molecular formula is C24H27N7. The maximum Gasteiger partial charge on any atom is 0.191 e. The lowest BCUT2D eigenvalue weighted by molar-refractivity contribution is 0.677. The van der Waals surface area contributed by atoms with Gasteiger partial charge in [0.1, 0.15) is 0 Å². The van der Waals surface area contributed by atoms with Gasteiger partial charge in [0.15, 0.2) is 5.96 Å². The first-order valence-corrected chi connectivity index (χ1v) is 10.3. The molecule has 2 N–H and O–H groups in total. The molecule has 158 valence electrons. The van der Waals surface area contributed by atoms with E-state index in [0.717, 1.165) is 19.0 Å². The Bertz CT molecular complexity index is 1100. The zero-order valence-corrected chi connectivity index (χ0v) is 17.6. The molecule has 4 aromatic rings. The van der Waals surface area contributed by atoms with E-state index in [-0.39, 0.29) is 0 Å². The fourth-order valence-corrected chi connectivity index (χ4v) is 3.46. The van der Waals surface area contributed by atoms with E-state index in [0.29, 0.717) is 13.1 Å². The van der Waals surface area contributed by atoms with Crippen LogP contribution in [0.3, 0.4) is 0 Å². The summed E-state index contributed by atoms with van der Waals surface area (Å²) in [6.07, 6.45) is 7.55. The summed E-state index contributed by atoms with van der Waals surface area (Å²) < 4.78 is 3.86. The number of guanidine groups is 1. The second kappa shape index (κ2) is 10.2. The van der Waals surface area contributed by atoms with E-state index in [4.69, 9.17) is 0 Å². The van der Waals surface area contributed by atoms with E-state index < -0.39 is 0 Å². The number of nitrogens with one attached hydrogen (secondary N) is 2. The SMILES string of the molecule is CN=C(NCc1cccc(Cn2cccn2)c1)NCc1ccccc1Cn1cccn1. The Morgan fingerprint density at radius 1 is 0.774 bits per heavy atom. The van der Waals surface area contributed by atoms with Gasteiger partial charge >= 0.3 is 0 Å². The summed E-state index contributed by atoms with van der Waals surface area (Å²) in [7, 11) is 1.79. The molecule has 2 aromatic heterocycles. The fourth-order valence-electron chi connectivity index (χ4n) is 3.46. The highest BCUT2D eigenvalue weighted by molar-refractivity contribution is 5.79. The second-order valence-electron chi connectivity index (χ2n) is 7.28. The van der Waals surface area contributed by atoms with Crippen LogP contribution in [0.2, 0.25) is 0 Å². The van der Waals surface area contributed by atoms with Crippen LogP contribution in [0.15, 0.2) is 90.4 Å². The van der Waals surface area contributed by atoms with Crippen molar-refractivity contribution in [3.8, 4) is 0 Å². The minimum Gasteiger partial charge on any atom is -0.352 e. The Kier molecular flexibility index (Phi) is 6.74. The van der Waals surface area contributed by atoms with Crippen LogP contribution in [0.1, 0.15) is 22.3 Å². The van der Waals surface area contributed by atoms with Crippen molar-refractivity contribution in [3.05, 3.63) is 108 Å². The monoisotopic (exact) mass is 413 g/mol. The second-order valence-corrected chi connectivity index (χ2v) is 7.28. The molecule has 0 spiro atoms. The summed E-state index contributed by atoms with van der Waals surface area (Å²) in [5.74, 6) is 0.770. The normalized spacial score (nSPS) is 11.5. The van der Waals surface area contributed by atoms with Crippen molar-refractivity contribution in [2.45, 2.75) is 26.2 Å². The molecule has 2 heterocycles. The highest BCUT2D eigenvalue weighted by Crippen LogP contribution is 2.10. The van der Waals surface area contributed by atoms with Gasteiger partial charge in [0, 0.05) is 44.9 Å². The molecule has 0 atom stereocenters. The maximum atomic E-state index is 4.37. The molecule has 7 nitrogen and oxygen atoms in total. The van der Waals surface area contributed by atoms with Crippen LogP contribution >= 0.6 is 0 Å². The number of rotatable bonds is 8. The Balaban J connectivity index is 1.33. The Morgan fingerprint density at radius 2 is 1.45 bits per heavy atom. The third-order valence-corrected chi connectivity index (χ3v) is 5.03. The van der Waals surface area contributed by atoms with Crippen molar-refractivity contribution in [1.29, 1.82) is 0 Å². The first-order valence-electron chi connectivity index (χ1n) is 10.3. The molecule has 4 rings (SSSR count). The van der Waals surface area contributed by atoms with Gasteiger partial charge in [-0.2, -0.15) is 10.2 Å². The molecule has 0 aliphatic rings. The molecule has 0 aliphatic carbocycles. The topological polar surface area (TPSA) is 72.1 Å². The predicted molar refractivity (Wildman–Crippen MR) is 123 cm³/mol. The zero-order chi connectivity index (χ0) is 21.3. The lowest BCUT2D eigenvalue weighted by Gasteiger charge is -2.15. The number of nitrogens with zero attached hydrogens (tertiary/aromatic N) is 5. The van der Waals surface area contributed by atoms with Crippen molar-refractivity contribution >= 4 is 5.96 Å². The quantitative estimate of drug-likeness (QED) is 0.344. The van der Waals surface area contributed by atoms with Crippen LogP contribution in [0.5, 0.6) is 0 Å². The minimum atomic E-state index is 0.691. The lowest BCUT2D eigenvalue weighted by Crippen LogP contribution is -2.36. The molecule has 0 aliphatic heterocycles. The minimum absolute atomic E-state index is 0.691. The molecule has 0 radical (unpaired) electrons. The Morgan fingerprint density at radius 3 is 2.16 bits per heavy atom. The van der Waals surface area contributed by atoms with E-state index in [2.05, 4.69) is 74.4 Å². The van der Waals surface area contributed by atoms with Gasteiger partial charge < -0.3 is 10.6 Å².